The highest BCUT2D eigenvalue weighted by molar-refractivity contribution is 9.08. The predicted molar refractivity (Wildman–Crippen MR) is 60.2 cm³/mol. The van der Waals surface area contributed by atoms with Crippen molar-refractivity contribution in [2.45, 2.75) is 5.33 Å². The van der Waals surface area contributed by atoms with Gasteiger partial charge in [-0.1, -0.05) is 46.3 Å². The van der Waals surface area contributed by atoms with E-state index in [1.165, 1.54) is 10.4 Å². The van der Waals surface area contributed by atoms with Gasteiger partial charge in [0.05, 0.1) is 10.6 Å². The lowest BCUT2D eigenvalue weighted by molar-refractivity contribution is 1.32. The van der Waals surface area contributed by atoms with Gasteiger partial charge in [0.25, 0.3) is 0 Å². The second kappa shape index (κ2) is 4.03. The summed E-state index contributed by atoms with van der Waals surface area (Å²) in [5.74, 6) is 0. The number of nitrogens with zero attached hydrogens (tertiary/aromatic N) is 1. The third-order valence-electron chi connectivity index (χ3n) is 1.75. The molecule has 1 aromatic carbocycles. The zero-order chi connectivity index (χ0) is 9.10. The SMILES string of the molecule is BrCc1cc(-c2ccccc2)sn1. The molecule has 1 aromatic heterocycles. The second-order valence-corrected chi connectivity index (χ2v) is 4.05. The summed E-state index contributed by atoms with van der Waals surface area (Å²) in [5, 5.41) is 0.830. The summed E-state index contributed by atoms with van der Waals surface area (Å²) in [6, 6.07) is 12.4. The molecule has 1 nitrogen and oxygen atoms in total. The Morgan fingerprint density at radius 3 is 2.62 bits per heavy atom. The van der Waals surface area contributed by atoms with Crippen LogP contribution in [0.25, 0.3) is 10.4 Å². The fraction of sp³-hybridized carbons (Fsp3) is 0.100. The van der Waals surface area contributed by atoms with Crippen LogP contribution in [0.1, 0.15) is 5.69 Å². The van der Waals surface area contributed by atoms with Crippen molar-refractivity contribution in [3.05, 3.63) is 42.1 Å². The molecule has 0 saturated carbocycles. The highest BCUT2D eigenvalue weighted by Gasteiger charge is 2.01. The van der Waals surface area contributed by atoms with E-state index in [4.69, 9.17) is 0 Å². The van der Waals surface area contributed by atoms with Crippen LogP contribution < -0.4 is 0 Å². The molecule has 66 valence electrons. The molecule has 0 aliphatic heterocycles. The van der Waals surface area contributed by atoms with Gasteiger partial charge in [-0.25, -0.2) is 0 Å². The minimum Gasteiger partial charge on any atom is -0.196 e. The highest BCUT2D eigenvalue weighted by Crippen LogP contribution is 2.24. The molecule has 0 fully saturated rings. The first-order valence-corrected chi connectivity index (χ1v) is 5.86. The number of halogens is 1. The zero-order valence-corrected chi connectivity index (χ0v) is 9.31. The molecule has 0 spiro atoms. The smallest absolute Gasteiger partial charge is 0.0654 e. The number of rotatable bonds is 2. The van der Waals surface area contributed by atoms with Crippen molar-refractivity contribution in [2.24, 2.45) is 0 Å². The van der Waals surface area contributed by atoms with E-state index >= 15 is 0 Å². The highest BCUT2D eigenvalue weighted by atomic mass is 79.9. The Hall–Kier alpha value is -0.670. The lowest BCUT2D eigenvalue weighted by Gasteiger charge is -1.92. The van der Waals surface area contributed by atoms with Gasteiger partial charge in [-0.05, 0) is 23.2 Å². The van der Waals surface area contributed by atoms with Crippen molar-refractivity contribution in [2.75, 3.05) is 0 Å². The summed E-state index contributed by atoms with van der Waals surface area (Å²) < 4.78 is 4.31. The summed E-state index contributed by atoms with van der Waals surface area (Å²) in [6.45, 7) is 0. The quantitative estimate of drug-likeness (QED) is 0.744. The average Bonchev–Trinajstić information content (AvgIpc) is 2.67. The lowest BCUT2D eigenvalue weighted by Crippen LogP contribution is -1.71. The van der Waals surface area contributed by atoms with Crippen molar-refractivity contribution in [3.8, 4) is 10.4 Å². The third kappa shape index (κ3) is 1.98. The Bertz CT molecular complexity index is 383. The summed E-state index contributed by atoms with van der Waals surface area (Å²) in [5.41, 5.74) is 2.34. The Balaban J connectivity index is 2.36. The summed E-state index contributed by atoms with van der Waals surface area (Å²) in [4.78, 5) is 1.23. The van der Waals surface area contributed by atoms with Crippen LogP contribution in [0.2, 0.25) is 0 Å². The van der Waals surface area contributed by atoms with E-state index in [0.29, 0.717) is 0 Å². The Morgan fingerprint density at radius 1 is 1.23 bits per heavy atom. The normalized spacial score (nSPS) is 10.2. The topological polar surface area (TPSA) is 12.9 Å². The van der Waals surface area contributed by atoms with Crippen LogP contribution in [-0.4, -0.2) is 4.37 Å². The molecular weight excluding hydrogens is 246 g/mol. The molecule has 0 bridgehead atoms. The minimum atomic E-state index is 0.830. The van der Waals surface area contributed by atoms with Crippen LogP contribution in [0, 0.1) is 0 Å². The van der Waals surface area contributed by atoms with Gasteiger partial charge in [0.2, 0.25) is 0 Å². The molecule has 2 rings (SSSR count). The Kier molecular flexibility index (Phi) is 2.76. The van der Waals surface area contributed by atoms with E-state index in [1.807, 2.05) is 18.2 Å². The summed E-state index contributed by atoms with van der Waals surface area (Å²) in [6.07, 6.45) is 0. The molecule has 13 heavy (non-hydrogen) atoms. The number of alkyl halides is 1. The average molecular weight is 254 g/mol. The number of aromatic nitrogens is 1. The van der Waals surface area contributed by atoms with Gasteiger partial charge >= 0.3 is 0 Å². The first-order chi connectivity index (χ1) is 6.40. The van der Waals surface area contributed by atoms with E-state index in [2.05, 4.69) is 38.5 Å². The molecular formula is C10H8BrNS. The van der Waals surface area contributed by atoms with Crippen molar-refractivity contribution >= 4 is 27.5 Å². The Morgan fingerprint density at radius 2 is 2.00 bits per heavy atom. The zero-order valence-electron chi connectivity index (χ0n) is 6.90. The summed E-state index contributed by atoms with van der Waals surface area (Å²) >= 11 is 4.93. The van der Waals surface area contributed by atoms with Crippen LogP contribution in [0.5, 0.6) is 0 Å². The molecule has 0 atom stereocenters. The van der Waals surface area contributed by atoms with Crippen molar-refractivity contribution in [3.63, 3.8) is 0 Å². The molecule has 3 heteroatoms. The van der Waals surface area contributed by atoms with Gasteiger partial charge in [-0.15, -0.1) is 0 Å². The van der Waals surface area contributed by atoms with Crippen LogP contribution in [-0.2, 0) is 5.33 Å². The molecule has 1 heterocycles. The van der Waals surface area contributed by atoms with E-state index in [1.54, 1.807) is 11.5 Å². The van der Waals surface area contributed by atoms with Gasteiger partial charge in [-0.2, -0.15) is 4.37 Å². The molecule has 0 aliphatic carbocycles. The minimum absolute atomic E-state index is 0.830. The lowest BCUT2D eigenvalue weighted by atomic mass is 10.2. The predicted octanol–water partition coefficient (Wildman–Crippen LogP) is 3.71. The maximum atomic E-state index is 4.31. The van der Waals surface area contributed by atoms with E-state index in [-0.39, 0.29) is 0 Å². The van der Waals surface area contributed by atoms with Crippen LogP contribution in [0.4, 0.5) is 0 Å². The second-order valence-electron chi connectivity index (χ2n) is 2.68. The first-order valence-electron chi connectivity index (χ1n) is 3.97. The van der Waals surface area contributed by atoms with Crippen molar-refractivity contribution < 1.29 is 0 Å². The Labute approximate surface area is 89.7 Å². The first kappa shape index (κ1) is 8.91. The molecule has 0 N–H and O–H groups in total. The molecule has 0 unspecified atom stereocenters. The molecule has 0 radical (unpaired) electrons. The van der Waals surface area contributed by atoms with Crippen LogP contribution >= 0.6 is 27.5 Å². The molecule has 0 aliphatic rings. The van der Waals surface area contributed by atoms with Gasteiger partial charge in [0, 0.05) is 5.33 Å². The molecule has 0 amide bonds. The largest absolute Gasteiger partial charge is 0.196 e. The fourth-order valence-corrected chi connectivity index (χ4v) is 2.33. The van der Waals surface area contributed by atoms with Gasteiger partial charge in [0.15, 0.2) is 0 Å². The van der Waals surface area contributed by atoms with Gasteiger partial charge in [0.1, 0.15) is 0 Å². The fourth-order valence-electron chi connectivity index (χ4n) is 1.11. The van der Waals surface area contributed by atoms with Gasteiger partial charge in [-0.3, -0.25) is 0 Å². The molecule has 2 aromatic rings. The van der Waals surface area contributed by atoms with E-state index in [9.17, 15) is 0 Å². The summed E-state index contributed by atoms with van der Waals surface area (Å²) in [7, 11) is 0. The van der Waals surface area contributed by atoms with E-state index in [0.717, 1.165) is 11.0 Å². The van der Waals surface area contributed by atoms with Crippen LogP contribution in [0.3, 0.4) is 0 Å². The molecule has 0 saturated heterocycles. The standard InChI is InChI=1S/C10H8BrNS/c11-7-9-6-10(13-12-9)8-4-2-1-3-5-8/h1-6H,7H2. The van der Waals surface area contributed by atoms with Crippen molar-refractivity contribution in [1.29, 1.82) is 0 Å². The number of hydrogen-bond donors (Lipinski definition) is 0. The maximum absolute atomic E-state index is 4.31. The van der Waals surface area contributed by atoms with E-state index < -0.39 is 0 Å². The van der Waals surface area contributed by atoms with Crippen LogP contribution in [0.15, 0.2) is 36.4 Å². The maximum Gasteiger partial charge on any atom is 0.0654 e. The monoisotopic (exact) mass is 253 g/mol. The third-order valence-corrected chi connectivity index (χ3v) is 3.20. The number of benzene rings is 1. The van der Waals surface area contributed by atoms with Crippen molar-refractivity contribution in [1.82, 2.24) is 4.37 Å². The number of hydrogen-bond acceptors (Lipinski definition) is 2. The van der Waals surface area contributed by atoms with Gasteiger partial charge < -0.3 is 0 Å².